The second-order valence-corrected chi connectivity index (χ2v) is 7.55. The van der Waals surface area contributed by atoms with Crippen molar-refractivity contribution in [2.24, 2.45) is 0 Å². The van der Waals surface area contributed by atoms with Crippen LogP contribution in [0.5, 0.6) is 0 Å². The quantitative estimate of drug-likeness (QED) is 0.729. The summed E-state index contributed by atoms with van der Waals surface area (Å²) >= 11 is 14.9. The minimum absolute atomic E-state index is 0.188. The standard InChI is InChI=1S/C14H12BrCl2NO2S/c15-14-12(17)2-1-3-13(14)18-21(19,20)11-6-4-10(5-7-11)8-9-16/h1-7,18H,8-9H2. The van der Waals surface area contributed by atoms with Gasteiger partial charge in [-0.3, -0.25) is 4.72 Å². The van der Waals surface area contributed by atoms with E-state index in [1.807, 2.05) is 0 Å². The fraction of sp³-hybridized carbons (Fsp3) is 0.143. The highest BCUT2D eigenvalue weighted by Crippen LogP contribution is 2.31. The zero-order valence-corrected chi connectivity index (χ0v) is 14.7. The van der Waals surface area contributed by atoms with E-state index in [-0.39, 0.29) is 4.90 Å². The van der Waals surface area contributed by atoms with Crippen molar-refractivity contribution in [1.82, 2.24) is 0 Å². The van der Waals surface area contributed by atoms with Crippen LogP contribution in [0.4, 0.5) is 5.69 Å². The molecule has 21 heavy (non-hydrogen) atoms. The Morgan fingerprint density at radius 1 is 1.10 bits per heavy atom. The van der Waals surface area contributed by atoms with E-state index in [1.54, 1.807) is 42.5 Å². The van der Waals surface area contributed by atoms with Crippen LogP contribution in [0.3, 0.4) is 0 Å². The molecule has 0 heterocycles. The zero-order valence-electron chi connectivity index (χ0n) is 10.8. The fourth-order valence-corrected chi connectivity index (χ4v) is 3.69. The van der Waals surface area contributed by atoms with E-state index in [9.17, 15) is 8.42 Å². The summed E-state index contributed by atoms with van der Waals surface area (Å²) in [4.78, 5) is 0.188. The summed E-state index contributed by atoms with van der Waals surface area (Å²) in [6, 6.07) is 11.6. The van der Waals surface area contributed by atoms with Gasteiger partial charge in [0.05, 0.1) is 20.1 Å². The van der Waals surface area contributed by atoms with Gasteiger partial charge >= 0.3 is 0 Å². The van der Waals surface area contributed by atoms with Gasteiger partial charge in [-0.05, 0) is 52.2 Å². The average molecular weight is 409 g/mol. The predicted octanol–water partition coefficient (Wildman–Crippen LogP) is 4.68. The number of nitrogens with one attached hydrogen (secondary N) is 1. The molecule has 0 amide bonds. The number of hydrogen-bond acceptors (Lipinski definition) is 2. The van der Waals surface area contributed by atoms with Gasteiger partial charge in [-0.15, -0.1) is 11.6 Å². The monoisotopic (exact) mass is 407 g/mol. The minimum Gasteiger partial charge on any atom is -0.278 e. The third-order valence-electron chi connectivity index (χ3n) is 2.81. The maximum absolute atomic E-state index is 12.3. The normalized spacial score (nSPS) is 11.4. The molecule has 0 saturated carbocycles. The van der Waals surface area contributed by atoms with Gasteiger partial charge < -0.3 is 0 Å². The molecule has 0 radical (unpaired) electrons. The van der Waals surface area contributed by atoms with Crippen molar-refractivity contribution in [3.63, 3.8) is 0 Å². The van der Waals surface area contributed by atoms with Crippen molar-refractivity contribution in [2.45, 2.75) is 11.3 Å². The van der Waals surface area contributed by atoms with Gasteiger partial charge in [0.15, 0.2) is 0 Å². The molecule has 0 aromatic heterocycles. The van der Waals surface area contributed by atoms with E-state index in [1.165, 1.54) is 0 Å². The first-order valence-corrected chi connectivity index (χ1v) is 9.24. The van der Waals surface area contributed by atoms with Crippen LogP contribution in [0, 0.1) is 0 Å². The maximum atomic E-state index is 12.3. The Balaban J connectivity index is 2.27. The number of sulfonamides is 1. The number of halogens is 3. The molecule has 0 bridgehead atoms. The molecule has 0 atom stereocenters. The molecule has 3 nitrogen and oxygen atoms in total. The third-order valence-corrected chi connectivity index (χ3v) is 5.78. The van der Waals surface area contributed by atoms with Crippen LogP contribution >= 0.6 is 39.1 Å². The molecule has 1 N–H and O–H groups in total. The summed E-state index contributed by atoms with van der Waals surface area (Å²) in [5, 5.41) is 0.438. The van der Waals surface area contributed by atoms with E-state index in [0.717, 1.165) is 5.56 Å². The van der Waals surface area contributed by atoms with Gasteiger partial charge in [0.2, 0.25) is 0 Å². The van der Waals surface area contributed by atoms with Gasteiger partial charge in [-0.2, -0.15) is 0 Å². The van der Waals surface area contributed by atoms with Crippen molar-refractivity contribution < 1.29 is 8.42 Å². The number of rotatable bonds is 5. The highest BCUT2D eigenvalue weighted by molar-refractivity contribution is 9.10. The van der Waals surface area contributed by atoms with Gasteiger partial charge in [-0.1, -0.05) is 29.8 Å². The molecule has 0 aliphatic heterocycles. The lowest BCUT2D eigenvalue weighted by Gasteiger charge is -2.11. The van der Waals surface area contributed by atoms with Crippen molar-refractivity contribution in [2.75, 3.05) is 10.6 Å². The highest BCUT2D eigenvalue weighted by Gasteiger charge is 2.16. The third kappa shape index (κ3) is 4.13. The van der Waals surface area contributed by atoms with Crippen molar-refractivity contribution in [1.29, 1.82) is 0 Å². The molecule has 0 unspecified atom stereocenters. The summed E-state index contributed by atoms with van der Waals surface area (Å²) in [5.41, 5.74) is 1.39. The molecule has 112 valence electrons. The molecular weight excluding hydrogens is 397 g/mol. The number of alkyl halides is 1. The Kier molecular flexibility index (Phi) is 5.54. The van der Waals surface area contributed by atoms with E-state index in [4.69, 9.17) is 23.2 Å². The Labute approximate surface area is 142 Å². The largest absolute Gasteiger partial charge is 0.278 e. The maximum Gasteiger partial charge on any atom is 0.261 e. The van der Waals surface area contributed by atoms with Crippen LogP contribution in [0.1, 0.15) is 5.56 Å². The smallest absolute Gasteiger partial charge is 0.261 e. The average Bonchev–Trinajstić information content (AvgIpc) is 2.45. The van der Waals surface area contributed by atoms with Crippen molar-refractivity contribution in [3.8, 4) is 0 Å². The summed E-state index contributed by atoms with van der Waals surface area (Å²) in [6.45, 7) is 0. The molecule has 0 aliphatic carbocycles. The second kappa shape index (κ2) is 7.01. The summed E-state index contributed by atoms with van der Waals surface area (Å²) < 4.78 is 27.7. The van der Waals surface area contributed by atoms with Gasteiger partial charge in [0, 0.05) is 5.88 Å². The predicted molar refractivity (Wildman–Crippen MR) is 90.8 cm³/mol. The lowest BCUT2D eigenvalue weighted by Crippen LogP contribution is -2.13. The first-order valence-electron chi connectivity index (χ1n) is 6.06. The van der Waals surface area contributed by atoms with Crippen LogP contribution in [0.15, 0.2) is 51.8 Å². The molecule has 0 spiro atoms. The lowest BCUT2D eigenvalue weighted by atomic mass is 10.2. The lowest BCUT2D eigenvalue weighted by molar-refractivity contribution is 0.601. The van der Waals surface area contributed by atoms with E-state index >= 15 is 0 Å². The summed E-state index contributed by atoms with van der Waals surface area (Å²) in [5.74, 6) is 0.500. The minimum atomic E-state index is -3.66. The second-order valence-electron chi connectivity index (χ2n) is 4.29. The van der Waals surface area contributed by atoms with Crippen molar-refractivity contribution >= 4 is 54.8 Å². The summed E-state index contributed by atoms with van der Waals surface area (Å²) in [7, 11) is -3.66. The van der Waals surface area contributed by atoms with Gasteiger partial charge in [0.1, 0.15) is 0 Å². The van der Waals surface area contributed by atoms with E-state index < -0.39 is 10.0 Å². The number of benzene rings is 2. The number of aryl methyl sites for hydroxylation is 1. The Morgan fingerprint density at radius 3 is 2.38 bits per heavy atom. The Hall–Kier alpha value is -0.750. The topological polar surface area (TPSA) is 46.2 Å². The van der Waals surface area contributed by atoms with E-state index in [2.05, 4.69) is 20.7 Å². The molecule has 2 aromatic rings. The van der Waals surface area contributed by atoms with Crippen LogP contribution in [0.25, 0.3) is 0 Å². The van der Waals surface area contributed by atoms with Crippen molar-refractivity contribution in [3.05, 3.63) is 57.5 Å². The highest BCUT2D eigenvalue weighted by atomic mass is 79.9. The number of anilines is 1. The molecule has 7 heteroatoms. The SMILES string of the molecule is O=S(=O)(Nc1cccc(Cl)c1Br)c1ccc(CCCl)cc1. The zero-order chi connectivity index (χ0) is 15.5. The molecule has 0 saturated heterocycles. The molecule has 0 aliphatic rings. The molecular formula is C14H12BrCl2NO2S. The molecule has 2 rings (SSSR count). The molecule has 0 fully saturated rings. The van der Waals surface area contributed by atoms with Crippen LogP contribution in [-0.2, 0) is 16.4 Å². The van der Waals surface area contributed by atoms with Crippen LogP contribution < -0.4 is 4.72 Å². The van der Waals surface area contributed by atoms with Crippen LogP contribution in [-0.4, -0.2) is 14.3 Å². The van der Waals surface area contributed by atoms with Gasteiger partial charge in [-0.25, -0.2) is 8.42 Å². The molecule has 2 aromatic carbocycles. The van der Waals surface area contributed by atoms with E-state index in [0.29, 0.717) is 27.5 Å². The van der Waals surface area contributed by atoms with Crippen LogP contribution in [0.2, 0.25) is 5.02 Å². The fourth-order valence-electron chi connectivity index (χ4n) is 1.73. The first-order chi connectivity index (χ1) is 9.94. The summed E-state index contributed by atoms with van der Waals surface area (Å²) in [6.07, 6.45) is 0.704. The Morgan fingerprint density at radius 2 is 1.76 bits per heavy atom. The Bertz CT molecular complexity index is 733. The first kappa shape index (κ1) is 16.6. The number of hydrogen-bond donors (Lipinski definition) is 1. The van der Waals surface area contributed by atoms with Gasteiger partial charge in [0.25, 0.3) is 10.0 Å².